The third kappa shape index (κ3) is 9.11. The zero-order valence-corrected chi connectivity index (χ0v) is 7.84. The highest BCUT2D eigenvalue weighted by atomic mass is 14.9. The Hall–Kier alpha value is -0.890. The van der Waals surface area contributed by atoms with Crippen LogP contribution in [0, 0.1) is 0 Å². The highest BCUT2D eigenvalue weighted by Gasteiger charge is 1.85. The summed E-state index contributed by atoms with van der Waals surface area (Å²) in [6.45, 7) is 12.1. The molecule has 0 heterocycles. The molecule has 0 aromatic heterocycles. The van der Waals surface area contributed by atoms with Gasteiger partial charge in [-0.2, -0.15) is 0 Å². The van der Waals surface area contributed by atoms with Gasteiger partial charge in [0.05, 0.1) is 0 Å². The molecule has 0 aliphatic heterocycles. The Morgan fingerprint density at radius 2 is 2.33 bits per heavy atom. The van der Waals surface area contributed by atoms with Gasteiger partial charge in [0.25, 0.3) is 0 Å². The first-order valence-electron chi connectivity index (χ1n) is 4.23. The molecule has 0 saturated heterocycles. The molecule has 68 valence electrons. The molecule has 0 aromatic carbocycles. The molecule has 0 unspecified atom stereocenters. The second kappa shape index (κ2) is 8.21. The van der Waals surface area contributed by atoms with E-state index in [-0.39, 0.29) is 0 Å². The number of hydrogen-bond acceptors (Lipinski definition) is 2. The van der Waals surface area contributed by atoms with E-state index < -0.39 is 0 Å². The van der Waals surface area contributed by atoms with E-state index >= 15 is 0 Å². The highest BCUT2D eigenvalue weighted by Crippen LogP contribution is 1.83. The normalized spacial score (nSPS) is 10.4. The number of aliphatic imine (C=N–C) groups is 1. The fraction of sp³-hybridized carbons (Fsp3) is 0.500. The van der Waals surface area contributed by atoms with E-state index in [1.165, 1.54) is 5.57 Å². The molecular weight excluding hydrogens is 148 g/mol. The van der Waals surface area contributed by atoms with Crippen LogP contribution in [-0.2, 0) is 0 Å². The van der Waals surface area contributed by atoms with E-state index in [0.29, 0.717) is 0 Å². The average Bonchev–Trinajstić information content (AvgIpc) is 2.02. The number of rotatable bonds is 7. The van der Waals surface area contributed by atoms with Crippen LogP contribution < -0.4 is 5.32 Å². The molecule has 12 heavy (non-hydrogen) atoms. The van der Waals surface area contributed by atoms with Gasteiger partial charge >= 0.3 is 0 Å². The van der Waals surface area contributed by atoms with Gasteiger partial charge in [0.15, 0.2) is 0 Å². The second-order valence-corrected chi connectivity index (χ2v) is 2.78. The summed E-state index contributed by atoms with van der Waals surface area (Å²) < 4.78 is 0. The molecule has 0 bridgehead atoms. The van der Waals surface area contributed by atoms with E-state index in [0.717, 1.165) is 26.1 Å². The Balaban J connectivity index is 3.05. The van der Waals surface area contributed by atoms with Crippen molar-refractivity contribution in [1.82, 2.24) is 5.32 Å². The molecule has 0 saturated carbocycles. The molecule has 0 amide bonds. The number of allylic oxidation sites excluding steroid dienone is 1. The van der Waals surface area contributed by atoms with Gasteiger partial charge in [0, 0.05) is 19.3 Å². The maximum absolute atomic E-state index is 4.10. The molecule has 2 nitrogen and oxygen atoms in total. The van der Waals surface area contributed by atoms with Crippen LogP contribution in [0.3, 0.4) is 0 Å². The van der Waals surface area contributed by atoms with E-state index in [2.05, 4.69) is 23.5 Å². The van der Waals surface area contributed by atoms with Gasteiger partial charge in [0.2, 0.25) is 0 Å². The van der Waals surface area contributed by atoms with Gasteiger partial charge in [-0.1, -0.05) is 24.8 Å². The Bertz CT molecular complexity index is 159. The largest absolute Gasteiger partial charge is 0.313 e. The van der Waals surface area contributed by atoms with Gasteiger partial charge in [-0.15, -0.1) is 0 Å². The van der Waals surface area contributed by atoms with Crippen molar-refractivity contribution in [2.24, 2.45) is 4.99 Å². The molecule has 0 aliphatic carbocycles. The number of hydrogen-bond donors (Lipinski definition) is 1. The Labute approximate surface area is 75.1 Å². The molecule has 1 N–H and O–H groups in total. The Kier molecular flexibility index (Phi) is 7.60. The monoisotopic (exact) mass is 166 g/mol. The molecule has 0 rings (SSSR count). The van der Waals surface area contributed by atoms with Crippen LogP contribution in [0.15, 0.2) is 29.8 Å². The molecule has 2 heteroatoms. The third-order valence-electron chi connectivity index (χ3n) is 1.28. The summed E-state index contributed by atoms with van der Waals surface area (Å²) in [5, 5.41) is 3.26. The van der Waals surface area contributed by atoms with Crippen LogP contribution >= 0.6 is 0 Å². The minimum absolute atomic E-state index is 0.870. The van der Waals surface area contributed by atoms with Crippen molar-refractivity contribution in [3.05, 3.63) is 24.8 Å². The van der Waals surface area contributed by atoms with Crippen LogP contribution in [0.1, 0.15) is 13.3 Å². The van der Waals surface area contributed by atoms with Crippen LogP contribution in [-0.4, -0.2) is 25.8 Å². The van der Waals surface area contributed by atoms with E-state index in [1.54, 1.807) is 12.3 Å². The summed E-state index contributed by atoms with van der Waals surface area (Å²) in [5.41, 5.74) is 1.17. The van der Waals surface area contributed by atoms with E-state index in [1.807, 2.05) is 6.92 Å². The van der Waals surface area contributed by atoms with E-state index in [9.17, 15) is 0 Å². The van der Waals surface area contributed by atoms with Crippen molar-refractivity contribution in [1.29, 1.82) is 0 Å². The lowest BCUT2D eigenvalue weighted by Crippen LogP contribution is -2.17. The lowest BCUT2D eigenvalue weighted by atomic mass is 10.3. The SMILES string of the molecule is C=CC=NCCCNCC(=C)C. The topological polar surface area (TPSA) is 24.4 Å². The molecular formula is C10H18N2. The third-order valence-corrected chi connectivity index (χ3v) is 1.28. The molecule has 0 radical (unpaired) electrons. The zero-order valence-electron chi connectivity index (χ0n) is 7.84. The van der Waals surface area contributed by atoms with Gasteiger partial charge in [0.1, 0.15) is 0 Å². The maximum atomic E-state index is 4.10. The van der Waals surface area contributed by atoms with Crippen molar-refractivity contribution in [3.63, 3.8) is 0 Å². The van der Waals surface area contributed by atoms with Crippen LogP contribution in [0.25, 0.3) is 0 Å². The first-order chi connectivity index (χ1) is 5.77. The average molecular weight is 166 g/mol. The van der Waals surface area contributed by atoms with Crippen LogP contribution in [0.5, 0.6) is 0 Å². The van der Waals surface area contributed by atoms with Crippen LogP contribution in [0.2, 0.25) is 0 Å². The maximum Gasteiger partial charge on any atom is 0.0401 e. The summed E-state index contributed by atoms with van der Waals surface area (Å²) in [6, 6.07) is 0. The number of nitrogens with zero attached hydrogens (tertiary/aromatic N) is 1. The quantitative estimate of drug-likeness (QED) is 0.348. The molecule has 0 spiro atoms. The van der Waals surface area contributed by atoms with Crippen LogP contribution in [0.4, 0.5) is 0 Å². The summed E-state index contributed by atoms with van der Waals surface area (Å²) >= 11 is 0. The lowest BCUT2D eigenvalue weighted by molar-refractivity contribution is 0.690. The first-order valence-corrected chi connectivity index (χ1v) is 4.23. The predicted octanol–water partition coefficient (Wildman–Crippen LogP) is 1.80. The van der Waals surface area contributed by atoms with Gasteiger partial charge in [-0.25, -0.2) is 0 Å². The van der Waals surface area contributed by atoms with Crippen molar-refractivity contribution in [2.75, 3.05) is 19.6 Å². The van der Waals surface area contributed by atoms with Gasteiger partial charge in [-0.3, -0.25) is 4.99 Å². The number of nitrogens with one attached hydrogen (secondary N) is 1. The smallest absolute Gasteiger partial charge is 0.0401 e. The Morgan fingerprint density at radius 3 is 2.92 bits per heavy atom. The zero-order chi connectivity index (χ0) is 9.23. The van der Waals surface area contributed by atoms with Crippen molar-refractivity contribution in [3.8, 4) is 0 Å². The van der Waals surface area contributed by atoms with Gasteiger partial charge < -0.3 is 5.32 Å². The molecule has 0 fully saturated rings. The molecule has 0 atom stereocenters. The van der Waals surface area contributed by atoms with E-state index in [4.69, 9.17) is 0 Å². The van der Waals surface area contributed by atoms with Gasteiger partial charge in [-0.05, 0) is 19.9 Å². The second-order valence-electron chi connectivity index (χ2n) is 2.78. The minimum Gasteiger partial charge on any atom is -0.313 e. The molecule has 0 aromatic rings. The fourth-order valence-corrected chi connectivity index (χ4v) is 0.746. The standard InChI is InChI=1S/C10H18N2/c1-4-6-11-7-5-8-12-9-10(2)3/h4,6,12H,1-2,5,7-9H2,3H3. The lowest BCUT2D eigenvalue weighted by Gasteiger charge is -2.01. The summed E-state index contributed by atoms with van der Waals surface area (Å²) in [5.74, 6) is 0. The summed E-state index contributed by atoms with van der Waals surface area (Å²) in [6.07, 6.45) is 4.50. The first kappa shape index (κ1) is 11.1. The summed E-state index contributed by atoms with van der Waals surface area (Å²) in [4.78, 5) is 4.10. The summed E-state index contributed by atoms with van der Waals surface area (Å²) in [7, 11) is 0. The highest BCUT2D eigenvalue weighted by molar-refractivity contribution is 5.69. The van der Waals surface area contributed by atoms with Crippen molar-refractivity contribution >= 4 is 6.21 Å². The predicted molar refractivity (Wildman–Crippen MR) is 55.9 cm³/mol. The molecule has 0 aliphatic rings. The van der Waals surface area contributed by atoms with Crippen molar-refractivity contribution < 1.29 is 0 Å². The van der Waals surface area contributed by atoms with Crippen molar-refractivity contribution in [2.45, 2.75) is 13.3 Å². The Morgan fingerprint density at radius 1 is 1.58 bits per heavy atom. The fourth-order valence-electron chi connectivity index (χ4n) is 0.746. The minimum atomic E-state index is 0.870.